The second-order valence-corrected chi connectivity index (χ2v) is 2.74. The third-order valence-electron chi connectivity index (χ3n) is 1.65. The van der Waals surface area contributed by atoms with Crippen molar-refractivity contribution < 1.29 is 14.6 Å². The molecule has 0 atom stereocenters. The van der Waals surface area contributed by atoms with Crippen molar-refractivity contribution in [2.75, 3.05) is 6.61 Å². The van der Waals surface area contributed by atoms with Gasteiger partial charge in [0.2, 0.25) is 0 Å². The highest BCUT2D eigenvalue weighted by atomic mass is 16.5. The summed E-state index contributed by atoms with van der Waals surface area (Å²) in [4.78, 5) is 10.9. The van der Waals surface area contributed by atoms with Crippen molar-refractivity contribution in [1.29, 1.82) is 0 Å². The van der Waals surface area contributed by atoms with Crippen molar-refractivity contribution in [1.82, 2.24) is 5.32 Å². The summed E-state index contributed by atoms with van der Waals surface area (Å²) in [5, 5.41) is 11.6. The molecular weight excluding hydrogens is 182 g/mol. The average Bonchev–Trinajstić information content (AvgIpc) is 2.17. The van der Waals surface area contributed by atoms with Crippen LogP contribution in [0.4, 0.5) is 4.79 Å². The minimum absolute atomic E-state index is 0.213. The Hall–Kier alpha value is -1.71. The Bertz CT molecular complexity index is 295. The molecule has 0 aromatic heterocycles. The molecule has 0 bridgehead atoms. The Morgan fingerprint density at radius 1 is 1.43 bits per heavy atom. The van der Waals surface area contributed by atoms with E-state index in [9.17, 15) is 4.79 Å². The molecule has 1 aromatic rings. The third kappa shape index (κ3) is 3.35. The number of ether oxygens (including phenoxy) is 1. The lowest BCUT2D eigenvalue weighted by Crippen LogP contribution is -2.23. The molecule has 0 aliphatic heterocycles. The molecule has 4 heteroatoms. The van der Waals surface area contributed by atoms with E-state index in [0.29, 0.717) is 13.2 Å². The Morgan fingerprint density at radius 2 is 2.07 bits per heavy atom. The van der Waals surface area contributed by atoms with Gasteiger partial charge in [-0.05, 0) is 24.6 Å². The van der Waals surface area contributed by atoms with Gasteiger partial charge < -0.3 is 15.2 Å². The SMILES string of the molecule is CCOC(=O)NCc1ccc(O)cc1. The monoisotopic (exact) mass is 195 g/mol. The number of hydrogen-bond donors (Lipinski definition) is 2. The van der Waals surface area contributed by atoms with Crippen LogP contribution in [0.25, 0.3) is 0 Å². The fourth-order valence-electron chi connectivity index (χ4n) is 0.970. The summed E-state index contributed by atoms with van der Waals surface area (Å²) in [6.07, 6.45) is -0.430. The van der Waals surface area contributed by atoms with Crippen molar-refractivity contribution in [2.24, 2.45) is 0 Å². The highest BCUT2D eigenvalue weighted by Gasteiger charge is 1.99. The lowest BCUT2D eigenvalue weighted by Gasteiger charge is -2.04. The highest BCUT2D eigenvalue weighted by molar-refractivity contribution is 5.67. The number of hydrogen-bond acceptors (Lipinski definition) is 3. The predicted octanol–water partition coefficient (Wildman–Crippen LogP) is 1.64. The molecule has 0 saturated carbocycles. The molecular formula is C10H13NO3. The number of rotatable bonds is 3. The van der Waals surface area contributed by atoms with Crippen LogP contribution in [0, 0.1) is 0 Å². The van der Waals surface area contributed by atoms with Crippen LogP contribution >= 0.6 is 0 Å². The second kappa shape index (κ2) is 5.11. The maximum Gasteiger partial charge on any atom is 0.407 e. The van der Waals surface area contributed by atoms with Crippen LogP contribution in [-0.2, 0) is 11.3 Å². The normalized spacial score (nSPS) is 9.50. The summed E-state index contributed by atoms with van der Waals surface area (Å²) in [5.41, 5.74) is 0.913. The van der Waals surface area contributed by atoms with Crippen LogP contribution in [0.3, 0.4) is 0 Å². The maximum atomic E-state index is 10.9. The van der Waals surface area contributed by atoms with E-state index in [4.69, 9.17) is 5.11 Å². The van der Waals surface area contributed by atoms with Gasteiger partial charge in [-0.1, -0.05) is 12.1 Å². The van der Waals surface area contributed by atoms with Gasteiger partial charge in [0, 0.05) is 6.54 Å². The van der Waals surface area contributed by atoms with Crippen LogP contribution in [-0.4, -0.2) is 17.8 Å². The van der Waals surface area contributed by atoms with E-state index >= 15 is 0 Å². The van der Waals surface area contributed by atoms with Crippen LogP contribution in [0.5, 0.6) is 5.75 Å². The number of phenols is 1. The van der Waals surface area contributed by atoms with E-state index in [1.165, 1.54) is 0 Å². The fourth-order valence-corrected chi connectivity index (χ4v) is 0.970. The summed E-state index contributed by atoms with van der Waals surface area (Å²) in [6.45, 7) is 2.51. The summed E-state index contributed by atoms with van der Waals surface area (Å²) >= 11 is 0. The van der Waals surface area contributed by atoms with Gasteiger partial charge in [-0.2, -0.15) is 0 Å². The summed E-state index contributed by atoms with van der Waals surface area (Å²) in [7, 11) is 0. The van der Waals surface area contributed by atoms with Gasteiger partial charge in [-0.25, -0.2) is 4.79 Å². The molecule has 14 heavy (non-hydrogen) atoms. The van der Waals surface area contributed by atoms with Gasteiger partial charge in [-0.15, -0.1) is 0 Å². The highest BCUT2D eigenvalue weighted by Crippen LogP contribution is 2.08. The molecule has 0 heterocycles. The van der Waals surface area contributed by atoms with Gasteiger partial charge in [0.25, 0.3) is 0 Å². The average molecular weight is 195 g/mol. The predicted molar refractivity (Wildman–Crippen MR) is 52.0 cm³/mol. The smallest absolute Gasteiger partial charge is 0.407 e. The standard InChI is InChI=1S/C10H13NO3/c1-2-14-10(13)11-7-8-3-5-9(12)6-4-8/h3-6,12H,2,7H2,1H3,(H,11,13). The lowest BCUT2D eigenvalue weighted by atomic mass is 10.2. The van der Waals surface area contributed by atoms with Crippen molar-refractivity contribution in [3.05, 3.63) is 29.8 Å². The van der Waals surface area contributed by atoms with Crippen molar-refractivity contribution in [2.45, 2.75) is 13.5 Å². The van der Waals surface area contributed by atoms with Crippen molar-refractivity contribution in [3.8, 4) is 5.75 Å². The van der Waals surface area contributed by atoms with E-state index in [2.05, 4.69) is 10.1 Å². The number of nitrogens with one attached hydrogen (secondary N) is 1. The molecule has 1 amide bonds. The molecule has 4 nitrogen and oxygen atoms in total. The van der Waals surface area contributed by atoms with E-state index in [1.54, 1.807) is 31.2 Å². The molecule has 0 fully saturated rings. The molecule has 2 N–H and O–H groups in total. The maximum absolute atomic E-state index is 10.9. The van der Waals surface area contributed by atoms with Gasteiger partial charge in [0.1, 0.15) is 5.75 Å². The number of aromatic hydroxyl groups is 1. The molecule has 0 unspecified atom stereocenters. The first-order valence-electron chi connectivity index (χ1n) is 4.41. The summed E-state index contributed by atoms with van der Waals surface area (Å²) < 4.78 is 4.69. The second-order valence-electron chi connectivity index (χ2n) is 2.74. The Labute approximate surface area is 82.5 Å². The van der Waals surface area contributed by atoms with Crippen molar-refractivity contribution >= 4 is 6.09 Å². The Balaban J connectivity index is 2.38. The van der Waals surface area contributed by atoms with Gasteiger partial charge in [0.05, 0.1) is 6.61 Å². The molecule has 0 saturated heterocycles. The molecule has 0 aliphatic rings. The number of carbonyl (C=O) groups is 1. The largest absolute Gasteiger partial charge is 0.508 e. The number of carbonyl (C=O) groups excluding carboxylic acids is 1. The van der Waals surface area contributed by atoms with E-state index < -0.39 is 6.09 Å². The molecule has 1 aromatic carbocycles. The first kappa shape index (κ1) is 10.4. The zero-order valence-corrected chi connectivity index (χ0v) is 7.99. The van der Waals surface area contributed by atoms with E-state index in [1.807, 2.05) is 0 Å². The topological polar surface area (TPSA) is 58.6 Å². The van der Waals surface area contributed by atoms with Crippen LogP contribution in [0.2, 0.25) is 0 Å². The Morgan fingerprint density at radius 3 is 2.64 bits per heavy atom. The zero-order valence-electron chi connectivity index (χ0n) is 7.99. The summed E-state index contributed by atoms with van der Waals surface area (Å²) in [6, 6.07) is 6.62. The molecule has 0 radical (unpaired) electrons. The minimum atomic E-state index is -0.430. The number of benzene rings is 1. The van der Waals surface area contributed by atoms with E-state index in [-0.39, 0.29) is 5.75 Å². The minimum Gasteiger partial charge on any atom is -0.508 e. The lowest BCUT2D eigenvalue weighted by molar-refractivity contribution is 0.151. The number of phenolic OH excluding ortho intramolecular Hbond substituents is 1. The molecule has 0 aliphatic carbocycles. The molecule has 0 spiro atoms. The zero-order chi connectivity index (χ0) is 10.4. The Kier molecular flexibility index (Phi) is 3.79. The van der Waals surface area contributed by atoms with Gasteiger partial charge in [-0.3, -0.25) is 0 Å². The first-order valence-corrected chi connectivity index (χ1v) is 4.41. The van der Waals surface area contributed by atoms with Crippen LogP contribution in [0.1, 0.15) is 12.5 Å². The third-order valence-corrected chi connectivity index (χ3v) is 1.65. The van der Waals surface area contributed by atoms with Crippen LogP contribution in [0.15, 0.2) is 24.3 Å². The fraction of sp³-hybridized carbons (Fsp3) is 0.300. The molecule has 76 valence electrons. The van der Waals surface area contributed by atoms with E-state index in [0.717, 1.165) is 5.56 Å². The molecule has 1 rings (SSSR count). The van der Waals surface area contributed by atoms with Crippen molar-refractivity contribution in [3.63, 3.8) is 0 Å². The first-order chi connectivity index (χ1) is 6.72. The summed E-state index contributed by atoms with van der Waals surface area (Å²) in [5.74, 6) is 0.213. The van der Waals surface area contributed by atoms with Gasteiger partial charge in [0.15, 0.2) is 0 Å². The quantitative estimate of drug-likeness (QED) is 0.770. The number of amides is 1. The number of alkyl carbamates (subject to hydrolysis) is 1. The van der Waals surface area contributed by atoms with Gasteiger partial charge >= 0.3 is 6.09 Å². The van der Waals surface area contributed by atoms with Crippen LogP contribution < -0.4 is 5.32 Å².